The summed E-state index contributed by atoms with van der Waals surface area (Å²) in [5, 5.41) is 0. The van der Waals surface area contributed by atoms with Gasteiger partial charge in [0.1, 0.15) is 0 Å². The molecule has 0 fully saturated rings. The zero-order valence-corrected chi connectivity index (χ0v) is 21.0. The van der Waals surface area contributed by atoms with Crippen molar-refractivity contribution in [1.82, 2.24) is 9.97 Å². The van der Waals surface area contributed by atoms with Crippen LogP contribution in [0.15, 0.2) is 97.3 Å². The van der Waals surface area contributed by atoms with Gasteiger partial charge in [-0.05, 0) is 68.6 Å². The van der Waals surface area contributed by atoms with Crippen molar-refractivity contribution in [2.45, 2.75) is 85.1 Å². The van der Waals surface area contributed by atoms with Gasteiger partial charge in [0, 0.05) is 23.7 Å². The third-order valence-electron chi connectivity index (χ3n) is 4.23. The summed E-state index contributed by atoms with van der Waals surface area (Å²) in [6, 6.07) is 24.6. The molecule has 0 aliphatic rings. The van der Waals surface area contributed by atoms with E-state index in [2.05, 4.69) is 61.1 Å². The molecule has 0 saturated heterocycles. The third kappa shape index (κ3) is 18.1. The summed E-state index contributed by atoms with van der Waals surface area (Å²) in [7, 11) is 0. The van der Waals surface area contributed by atoms with E-state index >= 15 is 0 Å². The van der Waals surface area contributed by atoms with Crippen LogP contribution in [0.3, 0.4) is 0 Å². The summed E-state index contributed by atoms with van der Waals surface area (Å²) < 4.78 is 14.4. The molecular formula is C34H56N2. The van der Waals surface area contributed by atoms with E-state index in [0.29, 0.717) is 12.1 Å². The SMILES string of the molecule is C.C.C.C.CC.CC.Cc1ccccc1C.[3H]c1ccc(-c2ccccc2C)nc1.[3H]c1ccc(C)nc1. The number of hydrogen-bond acceptors (Lipinski definition) is 2. The quantitative estimate of drug-likeness (QED) is 0.262. The van der Waals surface area contributed by atoms with Crippen LogP contribution in [0.4, 0.5) is 0 Å². The van der Waals surface area contributed by atoms with Crippen LogP contribution in [0.2, 0.25) is 0 Å². The molecule has 202 valence electrons. The lowest BCUT2D eigenvalue weighted by Gasteiger charge is -2.03. The fourth-order valence-electron chi connectivity index (χ4n) is 2.40. The average Bonchev–Trinajstić information content (AvgIpc) is 2.87. The van der Waals surface area contributed by atoms with Crippen molar-refractivity contribution in [3.05, 3.63) is 120 Å². The monoisotopic (exact) mass is 496 g/mol. The summed E-state index contributed by atoms with van der Waals surface area (Å²) in [5.41, 5.74) is 6.96. The van der Waals surface area contributed by atoms with Gasteiger partial charge in [0.05, 0.1) is 8.44 Å². The number of hydrogen-bond donors (Lipinski definition) is 0. The molecule has 0 atom stereocenters. The van der Waals surface area contributed by atoms with Crippen LogP contribution >= 0.6 is 0 Å². The van der Waals surface area contributed by atoms with Crippen LogP contribution in [0.5, 0.6) is 0 Å². The number of pyridine rings is 2. The second-order valence-corrected chi connectivity index (χ2v) is 6.44. The molecule has 2 aromatic heterocycles. The lowest BCUT2D eigenvalue weighted by Crippen LogP contribution is -1.84. The van der Waals surface area contributed by atoms with Gasteiger partial charge in [-0.2, -0.15) is 0 Å². The van der Waals surface area contributed by atoms with Crippen molar-refractivity contribution < 1.29 is 2.74 Å². The largest absolute Gasteiger partial charge is 0.262 e. The van der Waals surface area contributed by atoms with Gasteiger partial charge < -0.3 is 0 Å². The second-order valence-electron chi connectivity index (χ2n) is 6.44. The highest BCUT2D eigenvalue weighted by atomic mass is 14.7. The fraction of sp³-hybridized carbons (Fsp3) is 0.353. The first-order valence-electron chi connectivity index (χ1n) is 12.3. The van der Waals surface area contributed by atoms with Crippen LogP contribution < -0.4 is 0 Å². The number of benzene rings is 2. The fourth-order valence-corrected chi connectivity index (χ4v) is 2.40. The molecule has 2 heterocycles. The molecule has 0 aliphatic heterocycles. The molecule has 0 amide bonds. The number of aryl methyl sites for hydroxylation is 4. The Balaban J connectivity index is -0.000000134. The Morgan fingerprint density at radius 2 is 0.917 bits per heavy atom. The maximum absolute atomic E-state index is 7.35. The summed E-state index contributed by atoms with van der Waals surface area (Å²) in [4.78, 5) is 8.11. The second kappa shape index (κ2) is 28.0. The Hall–Kier alpha value is -3.26. The molecule has 0 bridgehead atoms. The predicted octanol–water partition coefficient (Wildman–Crippen LogP) is 11.3. The number of rotatable bonds is 1. The highest BCUT2D eigenvalue weighted by molar-refractivity contribution is 5.62. The standard InChI is InChI=1S/C12H11N.C8H10.C6H7N.2C2H6.4CH4/c1-10-6-2-3-7-11(10)12-8-4-5-9-13-12;1-7-5-3-4-6-8(7)2;1-6-4-2-3-5-7-6;2*1-2;;;;/h2-9H,1H3;3-6H,1-2H3;2-5H,1H3;2*1-2H3;4*1H4/i5T;;3T;;;;;;. The Kier molecular flexibility index (Phi) is 29.0. The normalized spacial score (nSPS) is 8.44. The number of aromatic nitrogens is 2. The van der Waals surface area contributed by atoms with E-state index in [0.717, 1.165) is 17.0 Å². The topological polar surface area (TPSA) is 25.8 Å². The molecule has 0 spiro atoms. The van der Waals surface area contributed by atoms with E-state index in [-0.39, 0.29) is 29.7 Å². The minimum atomic E-state index is 0. The summed E-state index contributed by atoms with van der Waals surface area (Å²) in [5.74, 6) is 0. The van der Waals surface area contributed by atoms with E-state index < -0.39 is 0 Å². The molecule has 4 rings (SSSR count). The summed E-state index contributed by atoms with van der Waals surface area (Å²) in [6.45, 7) is 16.2. The summed E-state index contributed by atoms with van der Waals surface area (Å²) >= 11 is 0. The maximum Gasteiger partial charge on any atom is 0.0704 e. The van der Waals surface area contributed by atoms with E-state index in [1.165, 1.54) is 22.9 Å². The van der Waals surface area contributed by atoms with Crippen molar-refractivity contribution in [3.63, 3.8) is 0 Å². The first-order chi connectivity index (χ1) is 16.4. The van der Waals surface area contributed by atoms with Crippen LogP contribution in [0, 0.1) is 27.7 Å². The molecule has 0 radical (unpaired) electrons. The molecule has 0 unspecified atom stereocenters. The summed E-state index contributed by atoms with van der Waals surface area (Å²) in [6.07, 6.45) is 3.11. The molecule has 0 aliphatic carbocycles. The van der Waals surface area contributed by atoms with Gasteiger partial charge in [-0.1, -0.05) is 118 Å². The molecule has 2 aromatic carbocycles. The molecule has 0 N–H and O–H groups in total. The Morgan fingerprint density at radius 1 is 0.500 bits per heavy atom. The minimum Gasteiger partial charge on any atom is -0.262 e. The first-order valence-corrected chi connectivity index (χ1v) is 11.3. The van der Waals surface area contributed by atoms with Crippen LogP contribution in [0.25, 0.3) is 11.3 Å². The highest BCUT2D eigenvalue weighted by Gasteiger charge is 1.99. The van der Waals surface area contributed by atoms with E-state index in [4.69, 9.17) is 2.74 Å². The zero-order chi connectivity index (χ0) is 25.9. The van der Waals surface area contributed by atoms with Crippen LogP contribution in [0.1, 0.15) is 82.5 Å². The minimum absolute atomic E-state index is 0. The van der Waals surface area contributed by atoms with E-state index in [1.54, 1.807) is 18.3 Å². The van der Waals surface area contributed by atoms with Gasteiger partial charge in [-0.25, -0.2) is 0 Å². The molecule has 4 aromatic rings. The van der Waals surface area contributed by atoms with Gasteiger partial charge in [0.25, 0.3) is 0 Å². The lowest BCUT2D eigenvalue weighted by atomic mass is 10.1. The van der Waals surface area contributed by atoms with Crippen molar-refractivity contribution in [2.24, 2.45) is 0 Å². The lowest BCUT2D eigenvalue weighted by molar-refractivity contribution is 1.20. The molecule has 2 nitrogen and oxygen atoms in total. The Bertz CT molecular complexity index is 1000. The van der Waals surface area contributed by atoms with Gasteiger partial charge >= 0.3 is 0 Å². The third-order valence-corrected chi connectivity index (χ3v) is 4.23. The van der Waals surface area contributed by atoms with E-state index in [9.17, 15) is 0 Å². The van der Waals surface area contributed by atoms with Crippen molar-refractivity contribution in [2.75, 3.05) is 0 Å². The average molecular weight is 497 g/mol. The van der Waals surface area contributed by atoms with Crippen LogP contribution in [-0.2, 0) is 0 Å². The smallest absolute Gasteiger partial charge is 0.0704 e. The van der Waals surface area contributed by atoms with E-state index in [1.807, 2.05) is 65.0 Å². The van der Waals surface area contributed by atoms with Gasteiger partial charge in [-0.15, -0.1) is 0 Å². The Labute approximate surface area is 228 Å². The highest BCUT2D eigenvalue weighted by Crippen LogP contribution is 2.19. The molecule has 2 heteroatoms. The maximum atomic E-state index is 7.35. The van der Waals surface area contributed by atoms with Crippen molar-refractivity contribution in [1.29, 1.82) is 0 Å². The zero-order valence-electron chi connectivity index (χ0n) is 23.0. The van der Waals surface area contributed by atoms with Crippen LogP contribution in [-0.4, -0.2) is 9.97 Å². The van der Waals surface area contributed by atoms with Crippen molar-refractivity contribution >= 4 is 0 Å². The van der Waals surface area contributed by atoms with Gasteiger partial charge in [-0.3, -0.25) is 9.97 Å². The Morgan fingerprint density at radius 3 is 1.25 bits per heavy atom. The van der Waals surface area contributed by atoms with Gasteiger partial charge in [0.2, 0.25) is 0 Å². The molecule has 0 saturated carbocycles. The van der Waals surface area contributed by atoms with Crippen molar-refractivity contribution in [3.8, 4) is 11.3 Å². The molecular weight excluding hydrogens is 436 g/mol. The predicted molar refractivity (Wildman–Crippen MR) is 169 cm³/mol. The molecule has 36 heavy (non-hydrogen) atoms. The number of nitrogens with zero attached hydrogens (tertiary/aromatic N) is 2. The first kappa shape index (κ1) is 37.3. The van der Waals surface area contributed by atoms with Gasteiger partial charge in [0.15, 0.2) is 0 Å².